The number of aliphatic imine (C=N–C) groups is 1. The van der Waals surface area contributed by atoms with Gasteiger partial charge in [-0.15, -0.1) is 0 Å². The van der Waals surface area contributed by atoms with Gasteiger partial charge in [0, 0.05) is 46.8 Å². The zero-order valence-corrected chi connectivity index (χ0v) is 13.7. The maximum absolute atomic E-state index is 9.06. The summed E-state index contributed by atoms with van der Waals surface area (Å²) in [6.07, 6.45) is 9.25. The second-order valence-electron chi connectivity index (χ2n) is 6.11. The highest BCUT2D eigenvalue weighted by atomic mass is 16.5. The summed E-state index contributed by atoms with van der Waals surface area (Å²) in [6.45, 7) is 2.08. The zero-order chi connectivity index (χ0) is 16.7. The number of hydrogen-bond donors (Lipinski definition) is 1. The fourth-order valence-corrected chi connectivity index (χ4v) is 3.40. The van der Waals surface area contributed by atoms with Gasteiger partial charge in [0.15, 0.2) is 0 Å². The molecule has 1 aliphatic heterocycles. The molecule has 0 saturated carbocycles. The quantitative estimate of drug-likeness (QED) is 0.925. The number of allylic oxidation sites excluding steroid dienone is 6. The maximum Gasteiger partial charge on any atom is 0.123 e. The molecule has 2 aromatic rings. The van der Waals surface area contributed by atoms with Crippen molar-refractivity contribution in [3.8, 4) is 11.8 Å². The average Bonchev–Trinajstić information content (AvgIpc) is 3.22. The van der Waals surface area contributed by atoms with Crippen LogP contribution in [0.15, 0.2) is 58.4 Å². The molecular formula is C20H17N3O. The number of nitrogens with one attached hydrogen (secondary N) is 1. The molecule has 0 amide bonds. The summed E-state index contributed by atoms with van der Waals surface area (Å²) >= 11 is 0. The minimum atomic E-state index is 0.618. The summed E-state index contributed by atoms with van der Waals surface area (Å²) in [6, 6.07) is 6.37. The number of nitrogens with zero attached hydrogens (tertiary/aromatic N) is 2. The van der Waals surface area contributed by atoms with Crippen LogP contribution in [0.3, 0.4) is 0 Å². The monoisotopic (exact) mass is 315 g/mol. The molecule has 118 valence electrons. The topological polar surface area (TPSA) is 61.2 Å². The van der Waals surface area contributed by atoms with Gasteiger partial charge in [0.2, 0.25) is 0 Å². The Bertz CT molecular complexity index is 1010. The van der Waals surface area contributed by atoms with E-state index in [0.717, 1.165) is 39.4 Å². The van der Waals surface area contributed by atoms with E-state index in [-0.39, 0.29) is 0 Å². The second kappa shape index (κ2) is 5.54. The Balaban J connectivity index is 1.72. The molecular weight excluding hydrogens is 298 g/mol. The predicted molar refractivity (Wildman–Crippen MR) is 95.2 cm³/mol. The minimum Gasteiger partial charge on any atom is -0.496 e. The van der Waals surface area contributed by atoms with Gasteiger partial charge in [-0.05, 0) is 42.3 Å². The summed E-state index contributed by atoms with van der Waals surface area (Å²) in [5, 5.41) is 10.2. The average molecular weight is 315 g/mol. The minimum absolute atomic E-state index is 0.618. The number of rotatable bonds is 3. The van der Waals surface area contributed by atoms with Crippen molar-refractivity contribution in [1.29, 1.82) is 5.26 Å². The number of methoxy groups -OCH3 is 1. The molecule has 1 N–H and O–H groups in total. The van der Waals surface area contributed by atoms with E-state index in [4.69, 9.17) is 15.0 Å². The first-order chi connectivity index (χ1) is 11.7. The third kappa shape index (κ3) is 2.26. The number of aromatic amines is 1. The van der Waals surface area contributed by atoms with Gasteiger partial charge in [-0.1, -0.05) is 6.08 Å². The molecule has 0 atom stereocenters. The van der Waals surface area contributed by atoms with Gasteiger partial charge in [-0.2, -0.15) is 5.26 Å². The molecule has 0 unspecified atom stereocenters. The highest BCUT2D eigenvalue weighted by Crippen LogP contribution is 2.34. The molecule has 24 heavy (non-hydrogen) atoms. The Morgan fingerprint density at radius 2 is 2.25 bits per heavy atom. The Morgan fingerprint density at radius 1 is 1.38 bits per heavy atom. The largest absolute Gasteiger partial charge is 0.496 e. The van der Waals surface area contributed by atoms with E-state index in [2.05, 4.69) is 36.2 Å². The molecule has 1 aliphatic carbocycles. The highest BCUT2D eigenvalue weighted by molar-refractivity contribution is 6.08. The van der Waals surface area contributed by atoms with Crippen molar-refractivity contribution in [1.82, 2.24) is 4.98 Å². The van der Waals surface area contributed by atoms with Gasteiger partial charge < -0.3 is 9.72 Å². The van der Waals surface area contributed by atoms with Crippen molar-refractivity contribution in [3.05, 3.63) is 64.5 Å². The molecule has 4 nitrogen and oxygen atoms in total. The third-order valence-corrected chi connectivity index (χ3v) is 4.59. The van der Waals surface area contributed by atoms with E-state index in [1.807, 2.05) is 18.3 Å². The lowest BCUT2D eigenvalue weighted by molar-refractivity contribution is 0.411. The van der Waals surface area contributed by atoms with E-state index in [1.165, 1.54) is 10.9 Å². The fraction of sp³-hybridized carbons (Fsp3) is 0.200. The van der Waals surface area contributed by atoms with Crippen LogP contribution in [0.2, 0.25) is 0 Å². The van der Waals surface area contributed by atoms with Crippen molar-refractivity contribution in [3.63, 3.8) is 0 Å². The number of H-pyrrole nitrogens is 1. The van der Waals surface area contributed by atoms with E-state index < -0.39 is 0 Å². The molecule has 0 radical (unpaired) electrons. The van der Waals surface area contributed by atoms with E-state index >= 15 is 0 Å². The molecule has 0 spiro atoms. The van der Waals surface area contributed by atoms with Crippen molar-refractivity contribution in [2.45, 2.75) is 19.8 Å². The van der Waals surface area contributed by atoms with E-state index in [1.54, 1.807) is 7.11 Å². The molecule has 0 fully saturated rings. The van der Waals surface area contributed by atoms with Crippen molar-refractivity contribution < 1.29 is 4.74 Å². The molecule has 4 rings (SSSR count). The molecule has 2 aliphatic rings. The number of aryl methyl sites for hydroxylation is 1. The summed E-state index contributed by atoms with van der Waals surface area (Å²) in [5.74, 6) is 0.889. The van der Waals surface area contributed by atoms with Gasteiger partial charge in [0.25, 0.3) is 0 Å². The molecule has 0 bridgehead atoms. The number of ether oxygens (including phenoxy) is 1. The number of aromatic nitrogens is 1. The van der Waals surface area contributed by atoms with Gasteiger partial charge >= 0.3 is 0 Å². The van der Waals surface area contributed by atoms with Gasteiger partial charge in [0.05, 0.1) is 18.9 Å². The van der Waals surface area contributed by atoms with Crippen LogP contribution in [0.4, 0.5) is 0 Å². The first-order valence-corrected chi connectivity index (χ1v) is 7.92. The summed E-state index contributed by atoms with van der Waals surface area (Å²) in [7, 11) is 1.71. The highest BCUT2D eigenvalue weighted by Gasteiger charge is 2.21. The normalized spacial score (nSPS) is 16.0. The first-order valence-electron chi connectivity index (χ1n) is 7.92. The summed E-state index contributed by atoms with van der Waals surface area (Å²) < 4.78 is 5.61. The number of benzene rings is 1. The molecule has 2 heterocycles. The smallest absolute Gasteiger partial charge is 0.123 e. The van der Waals surface area contributed by atoms with Crippen LogP contribution in [0.5, 0.6) is 5.75 Å². The lowest BCUT2D eigenvalue weighted by atomic mass is 9.97. The van der Waals surface area contributed by atoms with Crippen LogP contribution in [0, 0.1) is 18.3 Å². The molecule has 4 heteroatoms. The van der Waals surface area contributed by atoms with Crippen LogP contribution in [0.25, 0.3) is 10.9 Å². The Kier molecular flexibility index (Phi) is 3.35. The molecule has 1 aromatic heterocycles. The van der Waals surface area contributed by atoms with Crippen molar-refractivity contribution >= 4 is 16.6 Å². The fourth-order valence-electron chi connectivity index (χ4n) is 3.40. The first kappa shape index (κ1) is 14.5. The summed E-state index contributed by atoms with van der Waals surface area (Å²) in [4.78, 5) is 8.05. The Labute approximate surface area is 140 Å². The number of hydrogen-bond acceptors (Lipinski definition) is 3. The second-order valence-corrected chi connectivity index (χ2v) is 6.11. The van der Waals surface area contributed by atoms with Crippen LogP contribution < -0.4 is 4.74 Å². The van der Waals surface area contributed by atoms with Crippen LogP contribution in [0.1, 0.15) is 17.5 Å². The predicted octanol–water partition coefficient (Wildman–Crippen LogP) is 4.15. The standard InChI is InChI=1S/C20H17N3O/c1-12-7-19(24-2)17(16-5-6-22-20(12)16)10-15-9-14-4-3-13(11-21)8-18(14)23-15/h3-7,9,22H,8,10H2,1-2H3. The summed E-state index contributed by atoms with van der Waals surface area (Å²) in [5.41, 5.74) is 7.31. The lowest BCUT2D eigenvalue weighted by Gasteiger charge is -2.11. The van der Waals surface area contributed by atoms with Gasteiger partial charge in [-0.25, -0.2) is 0 Å². The van der Waals surface area contributed by atoms with Gasteiger partial charge in [0.1, 0.15) is 5.75 Å². The van der Waals surface area contributed by atoms with Crippen LogP contribution >= 0.6 is 0 Å². The number of nitriles is 1. The number of fused-ring (bicyclic) bond motifs is 2. The van der Waals surface area contributed by atoms with Crippen molar-refractivity contribution in [2.75, 3.05) is 7.11 Å². The van der Waals surface area contributed by atoms with Gasteiger partial charge in [-0.3, -0.25) is 4.99 Å². The Morgan fingerprint density at radius 3 is 3.04 bits per heavy atom. The maximum atomic E-state index is 9.06. The lowest BCUT2D eigenvalue weighted by Crippen LogP contribution is -2.02. The van der Waals surface area contributed by atoms with Crippen molar-refractivity contribution in [2.24, 2.45) is 4.99 Å². The SMILES string of the molecule is COc1cc(C)c2[nH]ccc2c1CC1=CC2=CC=C(C#N)CC2=N1. The Hall–Kier alpha value is -3.06. The third-order valence-electron chi connectivity index (χ3n) is 4.59. The van der Waals surface area contributed by atoms with E-state index in [9.17, 15) is 0 Å². The molecule has 0 saturated heterocycles. The van der Waals surface area contributed by atoms with Crippen LogP contribution in [-0.4, -0.2) is 17.8 Å². The van der Waals surface area contributed by atoms with E-state index in [0.29, 0.717) is 12.8 Å². The molecule has 1 aromatic carbocycles. The van der Waals surface area contributed by atoms with Crippen LogP contribution in [-0.2, 0) is 6.42 Å². The zero-order valence-electron chi connectivity index (χ0n) is 13.7.